The molecule has 0 unspecified atom stereocenters. The lowest BCUT2D eigenvalue weighted by molar-refractivity contribution is 1.00. The number of pyridine rings is 1. The summed E-state index contributed by atoms with van der Waals surface area (Å²) in [7, 11) is 0. The van der Waals surface area contributed by atoms with E-state index in [4.69, 9.17) is 5.73 Å². The second-order valence-electron chi connectivity index (χ2n) is 2.81. The Labute approximate surface area is 71.5 Å². The van der Waals surface area contributed by atoms with Crippen LogP contribution in [0, 0.1) is 0 Å². The predicted molar refractivity (Wildman–Crippen MR) is 50.0 cm³/mol. The summed E-state index contributed by atoms with van der Waals surface area (Å²) >= 11 is 0. The van der Waals surface area contributed by atoms with E-state index in [9.17, 15) is 0 Å². The normalized spacial score (nSPS) is 15.5. The molecular weight excluding hydrogens is 150 g/mol. The molecule has 2 N–H and O–H groups in total. The van der Waals surface area contributed by atoms with Crippen molar-refractivity contribution in [2.24, 2.45) is 0 Å². The van der Waals surface area contributed by atoms with Gasteiger partial charge in [-0.1, -0.05) is 12.2 Å². The van der Waals surface area contributed by atoms with Crippen LogP contribution in [0.1, 0.15) is 0 Å². The van der Waals surface area contributed by atoms with Crippen molar-refractivity contribution in [3.05, 3.63) is 30.6 Å². The van der Waals surface area contributed by atoms with Gasteiger partial charge >= 0.3 is 0 Å². The fraction of sp³-hybridized carbons (Fsp3) is 0.222. The van der Waals surface area contributed by atoms with Crippen molar-refractivity contribution >= 4 is 11.4 Å². The van der Waals surface area contributed by atoms with Gasteiger partial charge in [0.1, 0.15) is 0 Å². The van der Waals surface area contributed by atoms with Crippen LogP contribution in [0.5, 0.6) is 0 Å². The SMILES string of the molecule is Nc1ccncc1N1CC=CC1. The van der Waals surface area contributed by atoms with Crippen LogP contribution in [-0.2, 0) is 0 Å². The van der Waals surface area contributed by atoms with Crippen LogP contribution < -0.4 is 10.6 Å². The molecule has 0 amide bonds. The quantitative estimate of drug-likeness (QED) is 0.626. The first-order chi connectivity index (χ1) is 5.88. The number of aromatic nitrogens is 1. The Balaban J connectivity index is 2.27. The third-order valence-electron chi connectivity index (χ3n) is 1.99. The number of hydrogen-bond acceptors (Lipinski definition) is 3. The van der Waals surface area contributed by atoms with E-state index in [0.29, 0.717) is 0 Å². The van der Waals surface area contributed by atoms with Gasteiger partial charge in [-0.3, -0.25) is 4.98 Å². The molecule has 0 saturated heterocycles. The van der Waals surface area contributed by atoms with Crippen molar-refractivity contribution < 1.29 is 0 Å². The van der Waals surface area contributed by atoms with Crippen LogP contribution in [0.4, 0.5) is 11.4 Å². The summed E-state index contributed by atoms with van der Waals surface area (Å²) < 4.78 is 0. The molecule has 2 heterocycles. The summed E-state index contributed by atoms with van der Waals surface area (Å²) in [5.74, 6) is 0. The lowest BCUT2D eigenvalue weighted by Gasteiger charge is -2.18. The Morgan fingerprint density at radius 1 is 1.33 bits per heavy atom. The highest BCUT2D eigenvalue weighted by molar-refractivity contribution is 5.66. The Morgan fingerprint density at radius 3 is 2.75 bits per heavy atom. The predicted octanol–water partition coefficient (Wildman–Crippen LogP) is 1.04. The highest BCUT2D eigenvalue weighted by Gasteiger charge is 2.09. The van der Waals surface area contributed by atoms with Crippen molar-refractivity contribution in [2.45, 2.75) is 0 Å². The maximum atomic E-state index is 5.79. The van der Waals surface area contributed by atoms with Crippen molar-refractivity contribution in [1.82, 2.24) is 4.98 Å². The summed E-state index contributed by atoms with van der Waals surface area (Å²) in [6.07, 6.45) is 7.78. The highest BCUT2D eigenvalue weighted by atomic mass is 15.1. The van der Waals surface area contributed by atoms with Crippen LogP contribution in [0.25, 0.3) is 0 Å². The van der Waals surface area contributed by atoms with Crippen LogP contribution in [0.3, 0.4) is 0 Å². The summed E-state index contributed by atoms with van der Waals surface area (Å²) in [4.78, 5) is 6.22. The molecule has 3 nitrogen and oxygen atoms in total. The number of nitrogen functional groups attached to an aromatic ring is 1. The number of rotatable bonds is 1. The molecule has 62 valence electrons. The number of anilines is 2. The van der Waals surface area contributed by atoms with E-state index >= 15 is 0 Å². The highest BCUT2D eigenvalue weighted by Crippen LogP contribution is 2.22. The first-order valence-corrected chi connectivity index (χ1v) is 3.97. The Morgan fingerprint density at radius 2 is 2.08 bits per heavy atom. The van der Waals surface area contributed by atoms with Crippen molar-refractivity contribution in [3.63, 3.8) is 0 Å². The molecule has 12 heavy (non-hydrogen) atoms. The minimum atomic E-state index is 0.800. The second kappa shape index (κ2) is 2.85. The summed E-state index contributed by atoms with van der Waals surface area (Å²) in [5.41, 5.74) is 7.62. The minimum Gasteiger partial charge on any atom is -0.397 e. The lowest BCUT2D eigenvalue weighted by atomic mass is 10.3. The standard InChI is InChI=1S/C9H11N3/c10-8-3-4-11-7-9(8)12-5-1-2-6-12/h1-4,7H,5-6H2,(H2,10,11). The van der Waals surface area contributed by atoms with E-state index in [1.807, 2.05) is 12.3 Å². The van der Waals surface area contributed by atoms with Crippen molar-refractivity contribution in [1.29, 1.82) is 0 Å². The molecule has 0 saturated carbocycles. The van der Waals surface area contributed by atoms with Gasteiger partial charge in [-0.25, -0.2) is 0 Å². The van der Waals surface area contributed by atoms with Crippen molar-refractivity contribution in [2.75, 3.05) is 23.7 Å². The fourth-order valence-electron chi connectivity index (χ4n) is 1.34. The molecule has 0 bridgehead atoms. The van der Waals surface area contributed by atoms with Gasteiger partial charge in [-0.05, 0) is 6.07 Å². The monoisotopic (exact) mass is 161 g/mol. The Kier molecular flexibility index (Phi) is 1.70. The van der Waals surface area contributed by atoms with Gasteiger partial charge in [0.2, 0.25) is 0 Å². The molecule has 1 aliphatic rings. The molecular formula is C9H11N3. The van der Waals surface area contributed by atoms with Gasteiger partial charge in [-0.2, -0.15) is 0 Å². The smallest absolute Gasteiger partial charge is 0.0791 e. The average Bonchev–Trinajstić information content (AvgIpc) is 2.57. The van der Waals surface area contributed by atoms with Crippen LogP contribution in [-0.4, -0.2) is 18.1 Å². The number of hydrogen-bond donors (Lipinski definition) is 1. The van der Waals surface area contributed by atoms with Crippen molar-refractivity contribution in [3.8, 4) is 0 Å². The van der Waals surface area contributed by atoms with E-state index in [1.54, 1.807) is 6.20 Å². The zero-order chi connectivity index (χ0) is 8.39. The Hall–Kier alpha value is -1.51. The topological polar surface area (TPSA) is 42.1 Å². The van der Waals surface area contributed by atoms with Crippen LogP contribution >= 0.6 is 0 Å². The average molecular weight is 161 g/mol. The van der Waals surface area contributed by atoms with Gasteiger partial charge in [0.05, 0.1) is 17.6 Å². The largest absolute Gasteiger partial charge is 0.397 e. The molecule has 2 rings (SSSR count). The second-order valence-corrected chi connectivity index (χ2v) is 2.81. The van der Waals surface area contributed by atoms with Crippen LogP contribution in [0.15, 0.2) is 30.6 Å². The van der Waals surface area contributed by atoms with Crippen LogP contribution in [0.2, 0.25) is 0 Å². The first-order valence-electron chi connectivity index (χ1n) is 3.97. The zero-order valence-corrected chi connectivity index (χ0v) is 6.77. The summed E-state index contributed by atoms with van der Waals surface area (Å²) in [6.45, 7) is 1.88. The number of nitrogens with zero attached hydrogens (tertiary/aromatic N) is 2. The molecule has 0 atom stereocenters. The first kappa shape index (κ1) is 7.16. The fourth-order valence-corrected chi connectivity index (χ4v) is 1.34. The van der Waals surface area contributed by atoms with Gasteiger partial charge in [0.25, 0.3) is 0 Å². The molecule has 0 radical (unpaired) electrons. The maximum absolute atomic E-state index is 5.79. The van der Waals surface area contributed by atoms with Gasteiger partial charge in [0, 0.05) is 19.3 Å². The molecule has 0 aromatic carbocycles. The molecule has 0 spiro atoms. The van der Waals surface area contributed by atoms with E-state index in [1.165, 1.54) is 0 Å². The molecule has 1 aromatic heterocycles. The Bertz CT molecular complexity index is 298. The van der Waals surface area contributed by atoms with E-state index in [0.717, 1.165) is 24.5 Å². The van der Waals surface area contributed by atoms with E-state index in [-0.39, 0.29) is 0 Å². The zero-order valence-electron chi connectivity index (χ0n) is 6.77. The van der Waals surface area contributed by atoms with E-state index < -0.39 is 0 Å². The van der Waals surface area contributed by atoms with Gasteiger partial charge in [-0.15, -0.1) is 0 Å². The third-order valence-corrected chi connectivity index (χ3v) is 1.99. The summed E-state index contributed by atoms with van der Waals surface area (Å²) in [6, 6.07) is 1.83. The number of nitrogens with two attached hydrogens (primary N) is 1. The molecule has 1 aliphatic heterocycles. The minimum absolute atomic E-state index is 0.800. The molecule has 3 heteroatoms. The summed E-state index contributed by atoms with van der Waals surface area (Å²) in [5, 5.41) is 0. The molecule has 1 aromatic rings. The maximum Gasteiger partial charge on any atom is 0.0791 e. The van der Waals surface area contributed by atoms with Gasteiger partial charge < -0.3 is 10.6 Å². The van der Waals surface area contributed by atoms with Gasteiger partial charge in [0.15, 0.2) is 0 Å². The molecule has 0 aliphatic carbocycles. The lowest BCUT2D eigenvalue weighted by Crippen LogP contribution is -2.19. The molecule has 0 fully saturated rings. The third kappa shape index (κ3) is 1.13. The van der Waals surface area contributed by atoms with E-state index in [2.05, 4.69) is 22.0 Å².